The minimum atomic E-state index is 0.213. The number of nitrogens with zero attached hydrogens (tertiary/aromatic N) is 1. The third-order valence-electron chi connectivity index (χ3n) is 5.06. The summed E-state index contributed by atoms with van der Waals surface area (Å²) in [6.07, 6.45) is 8.51. The lowest BCUT2D eigenvalue weighted by Gasteiger charge is -2.56. The average Bonchev–Trinajstić information content (AvgIpc) is 2.34. The zero-order valence-corrected chi connectivity index (χ0v) is 7.27. The standard InChI is InChI=1S/C6H7N.C5H6/c7-4-6-1-5(2-6)3-6;1-4-2-5(1,4)3-4/h5H,1-3H2;1-3H2. The largest absolute Gasteiger partial charge is 0.198 e. The summed E-state index contributed by atoms with van der Waals surface area (Å²) >= 11 is 0. The summed E-state index contributed by atoms with van der Waals surface area (Å²) in [5.41, 5.74) is 2.34. The van der Waals surface area contributed by atoms with Crippen LogP contribution in [0.2, 0.25) is 0 Å². The van der Waals surface area contributed by atoms with Crippen molar-refractivity contribution in [1.82, 2.24) is 0 Å². The Morgan fingerprint density at radius 3 is 1.42 bits per heavy atom. The van der Waals surface area contributed by atoms with Crippen LogP contribution in [0.15, 0.2) is 0 Å². The van der Waals surface area contributed by atoms with Crippen molar-refractivity contribution in [1.29, 1.82) is 5.26 Å². The highest BCUT2D eigenvalue weighted by Crippen LogP contribution is 3.06. The SMILES string of the molecule is C1C23CC12C3.N#CC12CC(C1)C2. The Morgan fingerprint density at radius 1 is 1.00 bits per heavy atom. The maximum atomic E-state index is 8.43. The molecule has 6 aliphatic carbocycles. The summed E-state index contributed by atoms with van der Waals surface area (Å²) in [5, 5.41) is 8.43. The molecule has 0 aromatic carbocycles. The second kappa shape index (κ2) is 1.25. The molecule has 0 amide bonds. The predicted octanol–water partition coefficient (Wildman–Crippen LogP) is 2.48. The number of hydrogen-bond acceptors (Lipinski definition) is 1. The van der Waals surface area contributed by atoms with Crippen molar-refractivity contribution >= 4 is 0 Å². The highest BCUT2D eigenvalue weighted by atomic mass is 15.0. The van der Waals surface area contributed by atoms with Crippen LogP contribution < -0.4 is 0 Å². The molecule has 0 spiro atoms. The van der Waals surface area contributed by atoms with Gasteiger partial charge in [0, 0.05) is 0 Å². The molecule has 12 heavy (non-hydrogen) atoms. The van der Waals surface area contributed by atoms with E-state index >= 15 is 0 Å². The lowest BCUT2D eigenvalue weighted by atomic mass is 9.45. The summed E-state index contributed by atoms with van der Waals surface area (Å²) in [6.45, 7) is 0. The van der Waals surface area contributed by atoms with Gasteiger partial charge in [-0.05, 0) is 55.3 Å². The van der Waals surface area contributed by atoms with Crippen LogP contribution in [-0.2, 0) is 0 Å². The van der Waals surface area contributed by atoms with Crippen LogP contribution in [0.1, 0.15) is 38.5 Å². The van der Waals surface area contributed by atoms with Crippen LogP contribution in [0.3, 0.4) is 0 Å². The molecule has 6 fully saturated rings. The Bertz CT molecular complexity index is 274. The van der Waals surface area contributed by atoms with Gasteiger partial charge in [0.25, 0.3) is 0 Å². The van der Waals surface area contributed by atoms with Crippen LogP contribution in [0.25, 0.3) is 0 Å². The molecule has 1 nitrogen and oxygen atoms in total. The van der Waals surface area contributed by atoms with E-state index in [-0.39, 0.29) is 5.41 Å². The van der Waals surface area contributed by atoms with Crippen molar-refractivity contribution in [2.75, 3.05) is 0 Å². The van der Waals surface area contributed by atoms with Gasteiger partial charge < -0.3 is 0 Å². The van der Waals surface area contributed by atoms with Gasteiger partial charge in [-0.15, -0.1) is 0 Å². The van der Waals surface area contributed by atoms with Gasteiger partial charge in [0.05, 0.1) is 11.5 Å². The zero-order valence-electron chi connectivity index (χ0n) is 7.27. The molecule has 0 atom stereocenters. The summed E-state index contributed by atoms with van der Waals surface area (Å²) < 4.78 is 0. The molecule has 0 unspecified atom stereocenters. The molecule has 0 saturated heterocycles. The van der Waals surface area contributed by atoms with E-state index in [9.17, 15) is 0 Å². The topological polar surface area (TPSA) is 23.8 Å². The molecule has 6 aliphatic rings. The third-order valence-corrected chi connectivity index (χ3v) is 5.06. The maximum absolute atomic E-state index is 8.43. The molecule has 2 bridgehead atoms. The lowest BCUT2D eigenvalue weighted by Crippen LogP contribution is -2.50. The maximum Gasteiger partial charge on any atom is 0.0690 e. The summed E-state index contributed by atoms with van der Waals surface area (Å²) in [5.74, 6) is 0.958. The predicted molar refractivity (Wildman–Crippen MR) is 44.1 cm³/mol. The van der Waals surface area contributed by atoms with Crippen molar-refractivity contribution < 1.29 is 0 Å². The minimum absolute atomic E-state index is 0.213. The smallest absolute Gasteiger partial charge is 0.0690 e. The highest BCUT2D eigenvalue weighted by Gasteiger charge is 2.97. The summed E-state index contributed by atoms with van der Waals surface area (Å²) in [7, 11) is 0. The quantitative estimate of drug-likeness (QED) is 0.532. The van der Waals surface area contributed by atoms with Crippen molar-refractivity contribution in [2.24, 2.45) is 22.2 Å². The van der Waals surface area contributed by atoms with E-state index in [4.69, 9.17) is 5.26 Å². The van der Waals surface area contributed by atoms with Crippen LogP contribution in [0.5, 0.6) is 0 Å². The Morgan fingerprint density at radius 2 is 1.42 bits per heavy atom. The van der Waals surface area contributed by atoms with Gasteiger partial charge in [0.15, 0.2) is 0 Å². The van der Waals surface area contributed by atoms with E-state index in [1.807, 2.05) is 0 Å². The Kier molecular flexibility index (Phi) is 0.627. The monoisotopic (exact) mass is 159 g/mol. The van der Waals surface area contributed by atoms with Crippen LogP contribution in [-0.4, -0.2) is 0 Å². The molecular weight excluding hydrogens is 146 g/mol. The van der Waals surface area contributed by atoms with Crippen LogP contribution >= 0.6 is 0 Å². The fourth-order valence-electron chi connectivity index (χ4n) is 3.27. The molecule has 62 valence electrons. The van der Waals surface area contributed by atoms with Gasteiger partial charge in [0.2, 0.25) is 0 Å². The molecule has 0 aromatic rings. The van der Waals surface area contributed by atoms with Gasteiger partial charge in [-0.25, -0.2) is 0 Å². The fraction of sp³-hybridized carbons (Fsp3) is 0.909. The highest BCUT2D eigenvalue weighted by molar-refractivity contribution is 5.46. The van der Waals surface area contributed by atoms with Gasteiger partial charge in [-0.2, -0.15) is 5.26 Å². The second-order valence-corrected chi connectivity index (χ2v) is 5.96. The van der Waals surface area contributed by atoms with E-state index in [2.05, 4.69) is 6.07 Å². The normalized spacial score (nSPS) is 69.4. The van der Waals surface area contributed by atoms with E-state index in [1.54, 1.807) is 19.3 Å². The van der Waals surface area contributed by atoms with Crippen molar-refractivity contribution in [3.63, 3.8) is 0 Å². The van der Waals surface area contributed by atoms with E-state index < -0.39 is 0 Å². The molecule has 0 aliphatic heterocycles. The van der Waals surface area contributed by atoms with Crippen molar-refractivity contribution in [2.45, 2.75) is 38.5 Å². The molecule has 0 radical (unpaired) electrons. The van der Waals surface area contributed by atoms with Crippen molar-refractivity contribution in [3.8, 4) is 6.07 Å². The minimum Gasteiger partial charge on any atom is -0.198 e. The molecule has 0 N–H and O–H groups in total. The first-order valence-electron chi connectivity index (χ1n) is 5.13. The average molecular weight is 159 g/mol. The lowest BCUT2D eigenvalue weighted by molar-refractivity contribution is -0.0525. The summed E-state index contributed by atoms with van der Waals surface area (Å²) in [6, 6.07) is 2.34. The zero-order chi connectivity index (χ0) is 8.03. The molecule has 0 heterocycles. The first kappa shape index (κ1) is 6.02. The molecular formula is C11H13N. The van der Waals surface area contributed by atoms with Crippen molar-refractivity contribution in [3.05, 3.63) is 0 Å². The van der Waals surface area contributed by atoms with Crippen LogP contribution in [0, 0.1) is 33.5 Å². The Hall–Kier alpha value is -0.510. The molecule has 1 heteroatoms. The third kappa shape index (κ3) is 0.462. The fourth-order valence-corrected chi connectivity index (χ4v) is 3.27. The Labute approximate surface area is 72.8 Å². The Balaban J connectivity index is 0.0000000780. The molecule has 6 saturated carbocycles. The number of rotatable bonds is 0. The number of nitriles is 1. The first-order chi connectivity index (χ1) is 5.72. The number of hydrogen-bond donors (Lipinski definition) is 0. The van der Waals surface area contributed by atoms with Gasteiger partial charge in [-0.1, -0.05) is 0 Å². The second-order valence-electron chi connectivity index (χ2n) is 5.96. The summed E-state index contributed by atoms with van der Waals surface area (Å²) in [4.78, 5) is 0. The van der Waals surface area contributed by atoms with Gasteiger partial charge >= 0.3 is 0 Å². The van der Waals surface area contributed by atoms with Gasteiger partial charge in [-0.3, -0.25) is 0 Å². The van der Waals surface area contributed by atoms with E-state index in [0.29, 0.717) is 0 Å². The van der Waals surface area contributed by atoms with Gasteiger partial charge in [0.1, 0.15) is 0 Å². The first-order valence-corrected chi connectivity index (χ1v) is 5.13. The van der Waals surface area contributed by atoms with E-state index in [1.165, 1.54) is 19.3 Å². The van der Waals surface area contributed by atoms with E-state index in [0.717, 1.165) is 16.7 Å². The van der Waals surface area contributed by atoms with Crippen LogP contribution in [0.4, 0.5) is 0 Å². The molecule has 0 aromatic heterocycles. The molecule has 6 rings (SSSR count).